The lowest BCUT2D eigenvalue weighted by Crippen LogP contribution is -2.42. The van der Waals surface area contributed by atoms with Gasteiger partial charge in [-0.2, -0.15) is 5.26 Å². The number of aryl methyl sites for hydroxylation is 1. The highest BCUT2D eigenvalue weighted by Gasteiger charge is 2.20. The van der Waals surface area contributed by atoms with E-state index in [2.05, 4.69) is 33.4 Å². The molecule has 0 radical (unpaired) electrons. The number of hydrogen-bond donors (Lipinski definition) is 1. The Balaban J connectivity index is 1.81. The SMILES string of the molecule is CCN1CCC[C@@H](Nc2nnc(-c3ccc(C#N)cc3OC)cc2C)C1. The molecule has 1 saturated heterocycles. The third-order valence-corrected chi connectivity index (χ3v) is 4.88. The Kier molecular flexibility index (Phi) is 5.69. The van der Waals surface area contributed by atoms with Crippen molar-refractivity contribution in [3.8, 4) is 23.1 Å². The Morgan fingerprint density at radius 3 is 2.88 bits per heavy atom. The van der Waals surface area contributed by atoms with Gasteiger partial charge >= 0.3 is 0 Å². The Bertz CT molecular complexity index is 814. The van der Waals surface area contributed by atoms with Crippen LogP contribution < -0.4 is 10.1 Å². The molecular weight excluding hydrogens is 326 g/mol. The van der Waals surface area contributed by atoms with Gasteiger partial charge in [-0.1, -0.05) is 6.92 Å². The molecule has 6 nitrogen and oxygen atoms in total. The number of methoxy groups -OCH3 is 1. The first-order valence-electron chi connectivity index (χ1n) is 9.06. The molecule has 0 saturated carbocycles. The lowest BCUT2D eigenvalue weighted by molar-refractivity contribution is 0.226. The van der Waals surface area contributed by atoms with Gasteiger partial charge < -0.3 is 15.0 Å². The lowest BCUT2D eigenvalue weighted by atomic mass is 10.0. The quantitative estimate of drug-likeness (QED) is 0.891. The summed E-state index contributed by atoms with van der Waals surface area (Å²) < 4.78 is 5.42. The summed E-state index contributed by atoms with van der Waals surface area (Å²) in [5, 5.41) is 21.4. The second kappa shape index (κ2) is 8.15. The molecule has 0 unspecified atom stereocenters. The first kappa shape index (κ1) is 18.2. The van der Waals surface area contributed by atoms with Crippen LogP contribution in [0.2, 0.25) is 0 Å². The van der Waals surface area contributed by atoms with E-state index in [1.807, 2.05) is 19.1 Å². The minimum Gasteiger partial charge on any atom is -0.496 e. The summed E-state index contributed by atoms with van der Waals surface area (Å²) in [6.45, 7) is 7.55. The van der Waals surface area contributed by atoms with Crippen LogP contribution in [-0.2, 0) is 0 Å². The maximum absolute atomic E-state index is 9.05. The number of likely N-dealkylation sites (tertiary alicyclic amines) is 1. The van der Waals surface area contributed by atoms with Crippen molar-refractivity contribution in [2.45, 2.75) is 32.7 Å². The number of benzene rings is 1. The molecule has 1 fully saturated rings. The number of aromatic nitrogens is 2. The fraction of sp³-hybridized carbons (Fsp3) is 0.450. The van der Waals surface area contributed by atoms with Crippen molar-refractivity contribution in [2.75, 3.05) is 32.1 Å². The van der Waals surface area contributed by atoms with Crippen LogP contribution in [0.1, 0.15) is 30.9 Å². The van der Waals surface area contributed by atoms with Gasteiger partial charge in [-0.05, 0) is 62.7 Å². The van der Waals surface area contributed by atoms with E-state index in [0.29, 0.717) is 17.4 Å². The van der Waals surface area contributed by atoms with Gasteiger partial charge in [0.15, 0.2) is 5.82 Å². The molecule has 1 atom stereocenters. The number of ether oxygens (including phenoxy) is 1. The normalized spacial score (nSPS) is 17.5. The molecule has 1 aromatic heterocycles. The summed E-state index contributed by atoms with van der Waals surface area (Å²) in [4.78, 5) is 2.46. The fourth-order valence-corrected chi connectivity index (χ4v) is 3.39. The fourth-order valence-electron chi connectivity index (χ4n) is 3.39. The number of nitrogens with zero attached hydrogens (tertiary/aromatic N) is 4. The molecule has 26 heavy (non-hydrogen) atoms. The van der Waals surface area contributed by atoms with Crippen LogP contribution in [0.5, 0.6) is 5.75 Å². The molecule has 0 bridgehead atoms. The summed E-state index contributed by atoms with van der Waals surface area (Å²) >= 11 is 0. The van der Waals surface area contributed by atoms with E-state index in [0.717, 1.165) is 42.1 Å². The van der Waals surface area contributed by atoms with E-state index in [4.69, 9.17) is 10.00 Å². The Labute approximate surface area is 154 Å². The van der Waals surface area contributed by atoms with Crippen LogP contribution in [-0.4, -0.2) is 47.9 Å². The van der Waals surface area contributed by atoms with E-state index >= 15 is 0 Å². The molecule has 1 N–H and O–H groups in total. The monoisotopic (exact) mass is 351 g/mol. The highest BCUT2D eigenvalue weighted by atomic mass is 16.5. The van der Waals surface area contributed by atoms with Crippen molar-refractivity contribution in [3.63, 3.8) is 0 Å². The number of nitrogens with one attached hydrogen (secondary N) is 1. The number of hydrogen-bond acceptors (Lipinski definition) is 6. The first-order valence-corrected chi connectivity index (χ1v) is 9.06. The van der Waals surface area contributed by atoms with Gasteiger partial charge in [-0.25, -0.2) is 0 Å². The summed E-state index contributed by atoms with van der Waals surface area (Å²) in [6, 6.07) is 9.89. The second-order valence-electron chi connectivity index (χ2n) is 6.66. The molecular formula is C20H25N5O. The van der Waals surface area contributed by atoms with E-state index < -0.39 is 0 Å². The molecule has 0 spiro atoms. The molecule has 2 aromatic rings. The van der Waals surface area contributed by atoms with Crippen molar-refractivity contribution >= 4 is 5.82 Å². The van der Waals surface area contributed by atoms with Crippen molar-refractivity contribution in [2.24, 2.45) is 0 Å². The maximum Gasteiger partial charge on any atom is 0.151 e. The van der Waals surface area contributed by atoms with Crippen LogP contribution in [0.15, 0.2) is 24.3 Å². The predicted molar refractivity (Wildman–Crippen MR) is 102 cm³/mol. The zero-order valence-corrected chi connectivity index (χ0v) is 15.6. The van der Waals surface area contributed by atoms with Gasteiger partial charge in [-0.3, -0.25) is 0 Å². The third kappa shape index (κ3) is 3.94. The summed E-state index contributed by atoms with van der Waals surface area (Å²) in [5.74, 6) is 1.47. The van der Waals surface area contributed by atoms with Crippen LogP contribution in [0.4, 0.5) is 5.82 Å². The Morgan fingerprint density at radius 1 is 1.35 bits per heavy atom. The van der Waals surface area contributed by atoms with Gasteiger partial charge in [0.2, 0.25) is 0 Å². The Morgan fingerprint density at radius 2 is 2.19 bits per heavy atom. The topological polar surface area (TPSA) is 74.1 Å². The average molecular weight is 351 g/mol. The number of piperidine rings is 1. The molecule has 1 aliphatic rings. The summed E-state index contributed by atoms with van der Waals surface area (Å²) in [5.41, 5.74) is 3.19. The van der Waals surface area contributed by atoms with Gasteiger partial charge in [-0.15, -0.1) is 10.2 Å². The van der Waals surface area contributed by atoms with Gasteiger partial charge in [0.05, 0.1) is 24.4 Å². The molecule has 6 heteroatoms. The number of anilines is 1. The molecule has 1 aliphatic heterocycles. The lowest BCUT2D eigenvalue weighted by Gasteiger charge is -2.32. The van der Waals surface area contributed by atoms with Gasteiger partial charge in [0, 0.05) is 18.2 Å². The highest BCUT2D eigenvalue weighted by Crippen LogP contribution is 2.30. The van der Waals surface area contributed by atoms with Crippen molar-refractivity contribution in [1.82, 2.24) is 15.1 Å². The Hall–Kier alpha value is -2.65. The van der Waals surface area contributed by atoms with Crippen molar-refractivity contribution in [1.29, 1.82) is 5.26 Å². The predicted octanol–water partition coefficient (Wildman–Crippen LogP) is 3.23. The minimum absolute atomic E-state index is 0.409. The van der Waals surface area contributed by atoms with E-state index in [-0.39, 0.29) is 0 Å². The van der Waals surface area contributed by atoms with Crippen LogP contribution in [0.25, 0.3) is 11.3 Å². The molecule has 1 aromatic carbocycles. The van der Waals surface area contributed by atoms with Gasteiger partial charge in [0.25, 0.3) is 0 Å². The van der Waals surface area contributed by atoms with Crippen molar-refractivity contribution in [3.05, 3.63) is 35.4 Å². The molecule has 136 valence electrons. The van der Waals surface area contributed by atoms with Crippen LogP contribution in [0.3, 0.4) is 0 Å². The molecule has 3 rings (SSSR count). The van der Waals surface area contributed by atoms with E-state index in [9.17, 15) is 0 Å². The van der Waals surface area contributed by atoms with Gasteiger partial charge in [0.1, 0.15) is 5.75 Å². The zero-order chi connectivity index (χ0) is 18.5. The van der Waals surface area contributed by atoms with E-state index in [1.54, 1.807) is 19.2 Å². The van der Waals surface area contributed by atoms with Crippen molar-refractivity contribution < 1.29 is 4.74 Å². The second-order valence-corrected chi connectivity index (χ2v) is 6.66. The zero-order valence-electron chi connectivity index (χ0n) is 15.6. The van der Waals surface area contributed by atoms with Crippen LogP contribution in [0, 0.1) is 18.3 Å². The maximum atomic E-state index is 9.05. The first-order chi connectivity index (χ1) is 12.6. The third-order valence-electron chi connectivity index (χ3n) is 4.88. The average Bonchev–Trinajstić information content (AvgIpc) is 2.69. The van der Waals surface area contributed by atoms with E-state index in [1.165, 1.54) is 13.0 Å². The smallest absolute Gasteiger partial charge is 0.151 e. The largest absolute Gasteiger partial charge is 0.496 e. The molecule has 2 heterocycles. The minimum atomic E-state index is 0.409. The van der Waals surface area contributed by atoms with Crippen LogP contribution >= 0.6 is 0 Å². The number of rotatable bonds is 5. The molecule has 0 aliphatic carbocycles. The number of nitriles is 1. The standard InChI is InChI=1S/C20H25N5O/c1-4-25-9-5-6-16(13-25)22-20-14(2)10-18(23-24-20)17-8-7-15(12-21)11-19(17)26-3/h7-8,10-11,16H,4-6,9,13H2,1-3H3,(H,22,24)/t16-/m1/s1. The highest BCUT2D eigenvalue weighted by molar-refractivity contribution is 5.69. The summed E-state index contributed by atoms with van der Waals surface area (Å²) in [6.07, 6.45) is 2.36. The summed E-state index contributed by atoms with van der Waals surface area (Å²) in [7, 11) is 1.60. The number of likely N-dealkylation sites (N-methyl/N-ethyl adjacent to an activating group) is 1. The molecule has 0 amide bonds.